The van der Waals surface area contributed by atoms with Crippen molar-refractivity contribution in [3.8, 4) is 5.69 Å². The van der Waals surface area contributed by atoms with Crippen molar-refractivity contribution in [3.63, 3.8) is 0 Å². The standard InChI is InChI=1S/C24H21F4N7OS/c25-20-10-16(4-7-19(20)24(26,27)28)35-12-18-21(32-35)30-13-31-22(18)33-8-1-9-34(14-33)23(36)29-11-15-2-5-17(37)6-3-15/h2-7,10,12-13,37H,1,8-9,11,14H2,(H,29,36). The molecule has 1 N–H and O–H groups in total. The summed E-state index contributed by atoms with van der Waals surface area (Å²) in [5.74, 6) is -0.874. The summed E-state index contributed by atoms with van der Waals surface area (Å²) in [6.07, 6.45) is -1.23. The number of thiol groups is 1. The first kappa shape index (κ1) is 24.8. The molecule has 0 atom stereocenters. The lowest BCUT2D eigenvalue weighted by atomic mass is 10.2. The molecule has 0 saturated carbocycles. The third kappa shape index (κ3) is 5.31. The van der Waals surface area contributed by atoms with Crippen LogP contribution < -0.4 is 10.2 Å². The van der Waals surface area contributed by atoms with Crippen molar-refractivity contribution in [2.24, 2.45) is 0 Å². The smallest absolute Gasteiger partial charge is 0.338 e. The Hall–Kier alpha value is -3.87. The van der Waals surface area contributed by atoms with E-state index < -0.39 is 17.6 Å². The van der Waals surface area contributed by atoms with Crippen molar-refractivity contribution in [1.29, 1.82) is 0 Å². The molecule has 1 aliphatic rings. The summed E-state index contributed by atoms with van der Waals surface area (Å²) in [5, 5.41) is 7.73. The van der Waals surface area contributed by atoms with E-state index in [9.17, 15) is 22.4 Å². The monoisotopic (exact) mass is 531 g/mol. The van der Waals surface area contributed by atoms with Gasteiger partial charge >= 0.3 is 12.2 Å². The van der Waals surface area contributed by atoms with Crippen molar-refractivity contribution < 1.29 is 22.4 Å². The normalized spacial score (nSPS) is 14.3. The van der Waals surface area contributed by atoms with Crippen LogP contribution in [-0.4, -0.2) is 50.4 Å². The largest absolute Gasteiger partial charge is 0.419 e. The third-order valence-electron chi connectivity index (χ3n) is 5.98. The molecule has 0 radical (unpaired) electrons. The van der Waals surface area contributed by atoms with E-state index >= 15 is 0 Å². The van der Waals surface area contributed by atoms with Crippen LogP contribution in [-0.2, 0) is 12.7 Å². The van der Waals surface area contributed by atoms with E-state index in [0.717, 1.165) is 22.6 Å². The number of aromatic nitrogens is 4. The van der Waals surface area contributed by atoms with Gasteiger partial charge in [-0.15, -0.1) is 17.7 Å². The molecule has 8 nitrogen and oxygen atoms in total. The first-order valence-corrected chi connectivity index (χ1v) is 11.8. The van der Waals surface area contributed by atoms with Crippen LogP contribution >= 0.6 is 12.6 Å². The lowest BCUT2D eigenvalue weighted by Gasteiger charge is -2.36. The number of carbonyl (C=O) groups excluding carboxylic acids is 1. The first-order valence-electron chi connectivity index (χ1n) is 11.3. The fourth-order valence-electron chi connectivity index (χ4n) is 4.13. The van der Waals surface area contributed by atoms with Gasteiger partial charge in [0.25, 0.3) is 0 Å². The Morgan fingerprint density at radius 2 is 1.86 bits per heavy atom. The van der Waals surface area contributed by atoms with Gasteiger partial charge in [-0.25, -0.2) is 23.8 Å². The van der Waals surface area contributed by atoms with Gasteiger partial charge in [0.1, 0.15) is 18.0 Å². The van der Waals surface area contributed by atoms with Gasteiger partial charge in [-0.2, -0.15) is 13.2 Å². The fourth-order valence-corrected chi connectivity index (χ4v) is 4.28. The number of halogens is 4. The second kappa shape index (κ2) is 9.88. The van der Waals surface area contributed by atoms with Crippen LogP contribution in [0.4, 0.5) is 28.2 Å². The maximum Gasteiger partial charge on any atom is 0.419 e. The van der Waals surface area contributed by atoms with Gasteiger partial charge in [0.15, 0.2) is 5.65 Å². The number of nitrogens with one attached hydrogen (secondary N) is 1. The Labute approximate surface area is 214 Å². The molecule has 1 aliphatic heterocycles. The Balaban J connectivity index is 1.34. The van der Waals surface area contributed by atoms with Crippen LogP contribution in [0.3, 0.4) is 0 Å². The molecule has 3 heterocycles. The number of benzene rings is 2. The molecular weight excluding hydrogens is 510 g/mol. The summed E-state index contributed by atoms with van der Waals surface area (Å²) in [6, 6.07) is 9.87. The van der Waals surface area contributed by atoms with Gasteiger partial charge in [-0.1, -0.05) is 12.1 Å². The summed E-state index contributed by atoms with van der Waals surface area (Å²) < 4.78 is 54.2. The number of fused-ring (bicyclic) bond motifs is 1. The number of rotatable bonds is 4. The highest BCUT2D eigenvalue weighted by Gasteiger charge is 2.34. The average molecular weight is 532 g/mol. The molecule has 2 amide bonds. The number of alkyl halides is 3. The molecule has 13 heteroatoms. The predicted molar refractivity (Wildman–Crippen MR) is 131 cm³/mol. The van der Waals surface area contributed by atoms with Gasteiger partial charge in [-0.05, 0) is 36.2 Å². The zero-order valence-electron chi connectivity index (χ0n) is 19.3. The van der Waals surface area contributed by atoms with E-state index in [1.807, 2.05) is 29.2 Å². The SMILES string of the molecule is O=C(NCc1ccc(S)cc1)N1CCCN(c2ncnc3nn(-c4ccc(C(F)(F)F)c(F)c4)cc23)C1. The molecule has 0 unspecified atom stereocenters. The molecule has 192 valence electrons. The second-order valence-electron chi connectivity index (χ2n) is 8.52. The number of nitrogens with zero attached hydrogens (tertiary/aromatic N) is 6. The molecule has 5 rings (SSSR count). The van der Waals surface area contributed by atoms with Crippen LogP contribution in [0.25, 0.3) is 16.7 Å². The highest BCUT2D eigenvalue weighted by Crippen LogP contribution is 2.32. The summed E-state index contributed by atoms with van der Waals surface area (Å²) in [5.41, 5.74) is 0.00283. The van der Waals surface area contributed by atoms with Gasteiger partial charge in [0.2, 0.25) is 0 Å². The minimum atomic E-state index is -4.79. The molecule has 1 fully saturated rings. The topological polar surface area (TPSA) is 79.2 Å². The van der Waals surface area contributed by atoms with Crippen LogP contribution in [0, 0.1) is 5.82 Å². The zero-order chi connectivity index (χ0) is 26.2. The molecule has 37 heavy (non-hydrogen) atoms. The fraction of sp³-hybridized carbons (Fsp3) is 0.250. The minimum Gasteiger partial charge on any atom is -0.338 e. The maximum atomic E-state index is 14.1. The molecule has 1 saturated heterocycles. The van der Waals surface area contributed by atoms with Gasteiger partial charge in [0, 0.05) is 36.8 Å². The quantitative estimate of drug-likeness (QED) is 0.296. The summed E-state index contributed by atoms with van der Waals surface area (Å²) in [7, 11) is 0. The number of carbonyl (C=O) groups is 1. The van der Waals surface area contributed by atoms with E-state index in [0.29, 0.717) is 49.0 Å². The summed E-state index contributed by atoms with van der Waals surface area (Å²) >= 11 is 4.26. The molecule has 4 aromatic rings. The molecule has 0 spiro atoms. The van der Waals surface area contributed by atoms with Crippen molar-refractivity contribution in [2.45, 2.75) is 24.0 Å². The second-order valence-corrected chi connectivity index (χ2v) is 9.03. The molecule has 0 bridgehead atoms. The summed E-state index contributed by atoms with van der Waals surface area (Å²) in [6.45, 7) is 1.83. The van der Waals surface area contributed by atoms with Crippen molar-refractivity contribution in [1.82, 2.24) is 30.0 Å². The van der Waals surface area contributed by atoms with Crippen molar-refractivity contribution in [3.05, 3.63) is 71.9 Å². The van der Waals surface area contributed by atoms with Crippen LogP contribution in [0.5, 0.6) is 0 Å². The Kier molecular flexibility index (Phi) is 6.63. The van der Waals surface area contributed by atoms with Crippen molar-refractivity contribution in [2.75, 3.05) is 24.7 Å². The van der Waals surface area contributed by atoms with Crippen LogP contribution in [0.2, 0.25) is 0 Å². The van der Waals surface area contributed by atoms with E-state index in [4.69, 9.17) is 0 Å². The number of anilines is 1. The highest BCUT2D eigenvalue weighted by molar-refractivity contribution is 7.80. The van der Waals surface area contributed by atoms with Gasteiger partial charge < -0.3 is 15.1 Å². The van der Waals surface area contributed by atoms with Crippen LogP contribution in [0.15, 0.2) is 59.9 Å². The molecular formula is C24H21F4N7OS. The van der Waals surface area contributed by atoms with Gasteiger partial charge in [0.05, 0.1) is 23.3 Å². The third-order valence-corrected chi connectivity index (χ3v) is 6.28. The lowest BCUT2D eigenvalue weighted by molar-refractivity contribution is -0.140. The minimum absolute atomic E-state index is 0.111. The number of amides is 2. The van der Waals surface area contributed by atoms with Crippen LogP contribution in [0.1, 0.15) is 17.5 Å². The Morgan fingerprint density at radius 3 is 2.59 bits per heavy atom. The maximum absolute atomic E-state index is 14.1. The van der Waals surface area contributed by atoms with E-state index in [1.165, 1.54) is 17.2 Å². The number of hydrogen-bond acceptors (Lipinski definition) is 6. The Bertz CT molecular complexity index is 1440. The first-order chi connectivity index (χ1) is 17.7. The lowest BCUT2D eigenvalue weighted by Crippen LogP contribution is -2.51. The zero-order valence-corrected chi connectivity index (χ0v) is 20.2. The molecule has 2 aromatic heterocycles. The van der Waals surface area contributed by atoms with E-state index in [1.54, 1.807) is 4.90 Å². The van der Waals surface area contributed by atoms with E-state index in [-0.39, 0.29) is 18.4 Å². The van der Waals surface area contributed by atoms with Crippen molar-refractivity contribution >= 4 is 35.5 Å². The highest BCUT2D eigenvalue weighted by atomic mass is 32.1. The molecule has 2 aromatic carbocycles. The average Bonchev–Trinajstić information content (AvgIpc) is 3.32. The molecule has 0 aliphatic carbocycles. The Morgan fingerprint density at radius 1 is 1.08 bits per heavy atom. The van der Waals surface area contributed by atoms with E-state index in [2.05, 4.69) is 33.0 Å². The number of urea groups is 1. The summed E-state index contributed by atoms with van der Waals surface area (Å²) in [4.78, 5) is 25.7. The van der Waals surface area contributed by atoms with Gasteiger partial charge in [-0.3, -0.25) is 0 Å². The number of hydrogen-bond donors (Lipinski definition) is 2. The predicted octanol–water partition coefficient (Wildman–Crippen LogP) is 4.64.